The molecule has 0 saturated heterocycles. The number of carboxylic acids is 1. The molecule has 20 heavy (non-hydrogen) atoms. The lowest BCUT2D eigenvalue weighted by atomic mass is 10.1. The summed E-state index contributed by atoms with van der Waals surface area (Å²) < 4.78 is 0.739. The number of benzene rings is 1. The summed E-state index contributed by atoms with van der Waals surface area (Å²) in [7, 11) is 0. The fourth-order valence-corrected chi connectivity index (χ4v) is 2.51. The van der Waals surface area contributed by atoms with E-state index in [9.17, 15) is 4.79 Å². The van der Waals surface area contributed by atoms with Gasteiger partial charge in [-0.3, -0.25) is 4.98 Å². The van der Waals surface area contributed by atoms with E-state index in [1.54, 1.807) is 30.5 Å². The first-order valence-electron chi connectivity index (χ1n) is 5.57. The molecule has 2 rings (SSSR count). The quantitative estimate of drug-likeness (QED) is 0.866. The van der Waals surface area contributed by atoms with E-state index >= 15 is 0 Å². The minimum absolute atomic E-state index is 0. The van der Waals surface area contributed by atoms with Crippen LogP contribution in [0.2, 0.25) is 0 Å². The molecule has 0 bridgehead atoms. The fourth-order valence-electron chi connectivity index (χ4n) is 1.45. The molecule has 0 amide bonds. The molecule has 0 saturated carbocycles. The van der Waals surface area contributed by atoms with Gasteiger partial charge >= 0.3 is 5.97 Å². The minimum Gasteiger partial charge on any atom is -0.478 e. The topological polar surface area (TPSA) is 50.2 Å². The van der Waals surface area contributed by atoms with Crippen LogP contribution in [0.1, 0.15) is 21.6 Å². The SMILES string of the molecule is Cl.O=C(O)c1ccc(CSC(=S)c2ccccn2)cc1. The molecule has 3 nitrogen and oxygen atoms in total. The van der Waals surface area contributed by atoms with Crippen molar-refractivity contribution in [2.75, 3.05) is 0 Å². The number of thiocarbonyl (C=S) groups is 1. The molecule has 1 aromatic carbocycles. The summed E-state index contributed by atoms with van der Waals surface area (Å²) in [6.07, 6.45) is 1.71. The largest absolute Gasteiger partial charge is 0.478 e. The number of carbonyl (C=O) groups is 1. The van der Waals surface area contributed by atoms with Crippen LogP contribution in [0.15, 0.2) is 48.7 Å². The highest BCUT2D eigenvalue weighted by atomic mass is 35.5. The summed E-state index contributed by atoms with van der Waals surface area (Å²) in [6, 6.07) is 12.4. The first kappa shape index (κ1) is 16.6. The van der Waals surface area contributed by atoms with E-state index in [1.165, 1.54) is 11.8 Å². The summed E-state index contributed by atoms with van der Waals surface area (Å²) in [5.74, 6) is -0.210. The highest BCUT2D eigenvalue weighted by Gasteiger charge is 2.05. The number of nitrogens with zero attached hydrogens (tertiary/aromatic N) is 1. The molecule has 1 heterocycles. The maximum Gasteiger partial charge on any atom is 0.335 e. The van der Waals surface area contributed by atoms with Crippen molar-refractivity contribution in [1.29, 1.82) is 0 Å². The van der Waals surface area contributed by atoms with Gasteiger partial charge in [-0.1, -0.05) is 30.4 Å². The summed E-state index contributed by atoms with van der Waals surface area (Å²) in [6.45, 7) is 0. The molecular weight excluding hydrogens is 314 g/mol. The van der Waals surface area contributed by atoms with Gasteiger partial charge in [0.15, 0.2) is 0 Å². The summed E-state index contributed by atoms with van der Waals surface area (Å²) in [5, 5.41) is 8.81. The molecule has 0 unspecified atom stereocenters. The Morgan fingerprint density at radius 3 is 2.45 bits per heavy atom. The lowest BCUT2D eigenvalue weighted by Gasteiger charge is -2.03. The second kappa shape index (κ2) is 7.99. The lowest BCUT2D eigenvalue weighted by Crippen LogP contribution is -1.97. The molecule has 104 valence electrons. The zero-order valence-electron chi connectivity index (χ0n) is 10.4. The number of thioether (sulfide) groups is 1. The zero-order chi connectivity index (χ0) is 13.7. The van der Waals surface area contributed by atoms with Crippen LogP contribution in [-0.2, 0) is 5.75 Å². The summed E-state index contributed by atoms with van der Waals surface area (Å²) >= 11 is 6.81. The normalized spacial score (nSPS) is 9.60. The molecule has 0 aliphatic heterocycles. The van der Waals surface area contributed by atoms with Gasteiger partial charge in [0, 0.05) is 11.9 Å². The molecule has 0 aliphatic carbocycles. The second-order valence-corrected chi connectivity index (χ2v) is 5.45. The highest BCUT2D eigenvalue weighted by molar-refractivity contribution is 8.23. The predicted octanol–water partition coefficient (Wildman–Crippen LogP) is 3.81. The maximum absolute atomic E-state index is 10.7. The Morgan fingerprint density at radius 2 is 1.90 bits per heavy atom. The van der Waals surface area contributed by atoms with Crippen molar-refractivity contribution in [2.24, 2.45) is 0 Å². The van der Waals surface area contributed by atoms with E-state index in [1.807, 2.05) is 18.2 Å². The maximum atomic E-state index is 10.7. The number of aromatic nitrogens is 1. The van der Waals surface area contributed by atoms with Crippen LogP contribution in [0, 0.1) is 0 Å². The van der Waals surface area contributed by atoms with Crippen LogP contribution in [0.3, 0.4) is 0 Å². The smallest absolute Gasteiger partial charge is 0.335 e. The monoisotopic (exact) mass is 325 g/mol. The van der Waals surface area contributed by atoms with Gasteiger partial charge in [-0.15, -0.1) is 24.2 Å². The molecule has 1 aromatic heterocycles. The van der Waals surface area contributed by atoms with Gasteiger partial charge < -0.3 is 5.11 Å². The predicted molar refractivity (Wildman–Crippen MR) is 87.9 cm³/mol. The lowest BCUT2D eigenvalue weighted by molar-refractivity contribution is 0.0697. The molecule has 1 N–H and O–H groups in total. The van der Waals surface area contributed by atoms with Crippen LogP contribution >= 0.6 is 36.4 Å². The van der Waals surface area contributed by atoms with Gasteiger partial charge in [0.1, 0.15) is 0 Å². The van der Waals surface area contributed by atoms with Gasteiger partial charge in [0.2, 0.25) is 0 Å². The first-order chi connectivity index (χ1) is 9.16. The Labute approximate surface area is 132 Å². The van der Waals surface area contributed by atoms with Crippen molar-refractivity contribution >= 4 is 46.6 Å². The summed E-state index contributed by atoms with van der Waals surface area (Å²) in [5.41, 5.74) is 2.12. The standard InChI is InChI=1S/C14H11NO2S2.ClH/c16-13(17)11-6-4-10(5-7-11)9-19-14(18)12-3-1-2-8-15-12;/h1-8H,9H2,(H,16,17);1H. The average molecular weight is 326 g/mol. The van der Waals surface area contributed by atoms with Gasteiger partial charge in [0.25, 0.3) is 0 Å². The van der Waals surface area contributed by atoms with Crippen LogP contribution in [0.5, 0.6) is 0 Å². The van der Waals surface area contributed by atoms with E-state index < -0.39 is 5.97 Å². The molecule has 0 atom stereocenters. The van der Waals surface area contributed by atoms with E-state index in [2.05, 4.69) is 4.98 Å². The summed E-state index contributed by atoms with van der Waals surface area (Å²) in [4.78, 5) is 14.9. The van der Waals surface area contributed by atoms with Gasteiger partial charge in [-0.2, -0.15) is 0 Å². The number of aromatic carboxylic acids is 1. The Kier molecular flexibility index (Phi) is 6.64. The van der Waals surface area contributed by atoms with Crippen molar-refractivity contribution in [2.45, 2.75) is 5.75 Å². The molecule has 6 heteroatoms. The van der Waals surface area contributed by atoms with Gasteiger partial charge in [-0.05, 0) is 29.8 Å². The Hall–Kier alpha value is -1.43. The number of rotatable bonds is 4. The number of hydrogen-bond donors (Lipinski definition) is 1. The van der Waals surface area contributed by atoms with Crippen molar-refractivity contribution in [3.05, 3.63) is 65.5 Å². The van der Waals surface area contributed by atoms with Crippen LogP contribution in [0.25, 0.3) is 0 Å². The molecule has 0 radical (unpaired) electrons. The number of hydrogen-bond acceptors (Lipinski definition) is 4. The molecule has 0 spiro atoms. The number of carboxylic acid groups (broad SMARTS) is 1. The van der Waals surface area contributed by atoms with Crippen molar-refractivity contribution in [1.82, 2.24) is 4.98 Å². The van der Waals surface area contributed by atoms with Gasteiger partial charge in [0.05, 0.1) is 15.5 Å². The third-order valence-electron chi connectivity index (χ3n) is 2.44. The molecule has 2 aromatic rings. The second-order valence-electron chi connectivity index (χ2n) is 3.79. The van der Waals surface area contributed by atoms with E-state index in [0.29, 0.717) is 11.3 Å². The number of pyridine rings is 1. The minimum atomic E-state index is -0.914. The zero-order valence-corrected chi connectivity index (χ0v) is 12.8. The van der Waals surface area contributed by atoms with E-state index in [4.69, 9.17) is 17.3 Å². The third kappa shape index (κ3) is 4.59. The van der Waals surface area contributed by atoms with Crippen LogP contribution < -0.4 is 0 Å². The van der Waals surface area contributed by atoms with E-state index in [0.717, 1.165) is 15.5 Å². The van der Waals surface area contributed by atoms with E-state index in [-0.39, 0.29) is 12.4 Å². The fraction of sp³-hybridized carbons (Fsp3) is 0.0714. The van der Waals surface area contributed by atoms with Crippen LogP contribution in [0.4, 0.5) is 0 Å². The third-order valence-corrected chi connectivity index (χ3v) is 3.96. The molecular formula is C14H12ClNO2S2. The van der Waals surface area contributed by atoms with Crippen molar-refractivity contribution in [3.63, 3.8) is 0 Å². The molecule has 0 fully saturated rings. The van der Waals surface area contributed by atoms with Crippen molar-refractivity contribution < 1.29 is 9.90 Å². The molecule has 0 aliphatic rings. The van der Waals surface area contributed by atoms with Crippen molar-refractivity contribution in [3.8, 4) is 0 Å². The Morgan fingerprint density at radius 1 is 1.20 bits per heavy atom. The van der Waals surface area contributed by atoms with Crippen LogP contribution in [-0.4, -0.2) is 20.3 Å². The Bertz CT molecular complexity index is 588. The van der Waals surface area contributed by atoms with Gasteiger partial charge in [-0.25, -0.2) is 4.79 Å². The highest BCUT2D eigenvalue weighted by Crippen LogP contribution is 2.18. The first-order valence-corrected chi connectivity index (χ1v) is 6.96. The average Bonchev–Trinajstić information content (AvgIpc) is 2.46. The number of halogens is 1. The Balaban J connectivity index is 0.00000200.